The number of halogens is 1. The van der Waals surface area contributed by atoms with Crippen LogP contribution < -0.4 is 5.32 Å². The van der Waals surface area contributed by atoms with Crippen LogP contribution in [0.1, 0.15) is 5.82 Å². The van der Waals surface area contributed by atoms with E-state index in [0.717, 1.165) is 5.82 Å². The molecule has 0 bridgehead atoms. The van der Waals surface area contributed by atoms with Gasteiger partial charge >= 0.3 is 0 Å². The van der Waals surface area contributed by atoms with Gasteiger partial charge in [-0.1, -0.05) is 11.6 Å². The van der Waals surface area contributed by atoms with E-state index in [9.17, 15) is 0 Å². The highest BCUT2D eigenvalue weighted by Gasteiger charge is 2.01. The van der Waals surface area contributed by atoms with Crippen molar-refractivity contribution in [1.82, 2.24) is 24.7 Å². The van der Waals surface area contributed by atoms with Crippen molar-refractivity contribution >= 4 is 17.5 Å². The molecule has 0 radical (unpaired) electrons. The lowest BCUT2D eigenvalue weighted by Gasteiger charge is -2.03. The van der Waals surface area contributed by atoms with E-state index < -0.39 is 0 Å². The van der Waals surface area contributed by atoms with Gasteiger partial charge in [0.2, 0.25) is 5.95 Å². The second-order valence-electron chi connectivity index (χ2n) is 2.94. The molecular weight excluding hydrogens is 216 g/mol. The van der Waals surface area contributed by atoms with Crippen molar-refractivity contribution in [1.29, 1.82) is 0 Å². The molecule has 0 unspecified atom stereocenters. The molecule has 0 atom stereocenters. The molecular formula is C8H9ClN6. The van der Waals surface area contributed by atoms with E-state index >= 15 is 0 Å². The van der Waals surface area contributed by atoms with E-state index in [1.54, 1.807) is 6.33 Å². The van der Waals surface area contributed by atoms with E-state index in [0.29, 0.717) is 17.5 Å². The van der Waals surface area contributed by atoms with Crippen molar-refractivity contribution in [3.63, 3.8) is 0 Å². The van der Waals surface area contributed by atoms with Gasteiger partial charge in [0.25, 0.3) is 0 Å². The molecule has 0 amide bonds. The molecule has 0 aromatic carbocycles. The van der Waals surface area contributed by atoms with Crippen LogP contribution in [0.3, 0.4) is 0 Å². The summed E-state index contributed by atoms with van der Waals surface area (Å²) in [5.74, 6) is 1.33. The lowest BCUT2D eigenvalue weighted by atomic mass is 10.6. The van der Waals surface area contributed by atoms with Gasteiger partial charge in [-0.25, -0.2) is 9.97 Å². The van der Waals surface area contributed by atoms with E-state index in [2.05, 4.69) is 25.5 Å². The Bertz CT molecular complexity index is 437. The van der Waals surface area contributed by atoms with Crippen LogP contribution >= 0.6 is 11.6 Å². The number of nitrogens with zero attached hydrogens (tertiary/aromatic N) is 5. The molecule has 15 heavy (non-hydrogen) atoms. The molecule has 1 N–H and O–H groups in total. The average Bonchev–Trinajstić information content (AvgIpc) is 2.63. The summed E-state index contributed by atoms with van der Waals surface area (Å²) in [5, 5.41) is 11.2. The zero-order valence-electron chi connectivity index (χ0n) is 8.05. The number of anilines is 1. The monoisotopic (exact) mass is 224 g/mol. The summed E-state index contributed by atoms with van der Waals surface area (Å²) >= 11 is 5.66. The van der Waals surface area contributed by atoms with Crippen LogP contribution in [0.5, 0.6) is 0 Å². The van der Waals surface area contributed by atoms with Gasteiger partial charge in [0.05, 0.1) is 24.0 Å². The van der Waals surface area contributed by atoms with Crippen LogP contribution in [0.15, 0.2) is 18.7 Å². The van der Waals surface area contributed by atoms with Gasteiger partial charge in [0.15, 0.2) is 5.82 Å². The molecule has 0 aliphatic carbocycles. The summed E-state index contributed by atoms with van der Waals surface area (Å²) in [7, 11) is 1.87. The van der Waals surface area contributed by atoms with Crippen molar-refractivity contribution < 1.29 is 0 Å². The highest BCUT2D eigenvalue weighted by molar-refractivity contribution is 6.30. The van der Waals surface area contributed by atoms with E-state index in [-0.39, 0.29) is 0 Å². The number of hydrogen-bond donors (Lipinski definition) is 1. The first-order valence-corrected chi connectivity index (χ1v) is 4.68. The number of nitrogens with one attached hydrogen (secondary N) is 1. The fourth-order valence-electron chi connectivity index (χ4n) is 1.03. The van der Waals surface area contributed by atoms with Gasteiger partial charge in [-0.3, -0.25) is 0 Å². The first kappa shape index (κ1) is 9.85. The van der Waals surface area contributed by atoms with E-state index in [1.165, 1.54) is 12.4 Å². The summed E-state index contributed by atoms with van der Waals surface area (Å²) < 4.78 is 1.82. The van der Waals surface area contributed by atoms with Crippen LogP contribution in [-0.4, -0.2) is 24.7 Å². The van der Waals surface area contributed by atoms with Crippen molar-refractivity contribution in [2.24, 2.45) is 7.05 Å². The maximum absolute atomic E-state index is 5.66. The molecule has 6 nitrogen and oxygen atoms in total. The Morgan fingerprint density at radius 1 is 1.40 bits per heavy atom. The van der Waals surface area contributed by atoms with Crippen LogP contribution in [0.2, 0.25) is 5.02 Å². The number of aromatic nitrogens is 5. The normalized spacial score (nSPS) is 10.3. The second-order valence-corrected chi connectivity index (χ2v) is 3.37. The van der Waals surface area contributed by atoms with Gasteiger partial charge in [-0.05, 0) is 0 Å². The topological polar surface area (TPSA) is 68.5 Å². The molecule has 78 valence electrons. The summed E-state index contributed by atoms with van der Waals surface area (Å²) in [6.45, 7) is 0.526. The zero-order valence-corrected chi connectivity index (χ0v) is 8.81. The number of hydrogen-bond acceptors (Lipinski definition) is 5. The summed E-state index contributed by atoms with van der Waals surface area (Å²) in [6.07, 6.45) is 4.71. The Balaban J connectivity index is 1.99. The number of rotatable bonds is 3. The van der Waals surface area contributed by atoms with Crippen molar-refractivity contribution in [3.8, 4) is 0 Å². The summed E-state index contributed by atoms with van der Waals surface area (Å²) in [4.78, 5) is 7.99. The fourth-order valence-corrected chi connectivity index (χ4v) is 1.13. The van der Waals surface area contributed by atoms with Crippen LogP contribution in [0.25, 0.3) is 0 Å². The van der Waals surface area contributed by atoms with Crippen molar-refractivity contribution in [2.75, 3.05) is 5.32 Å². The molecule has 2 aromatic heterocycles. The fraction of sp³-hybridized carbons (Fsp3) is 0.250. The zero-order chi connectivity index (χ0) is 10.7. The molecule has 0 fully saturated rings. The average molecular weight is 225 g/mol. The lowest BCUT2D eigenvalue weighted by molar-refractivity contribution is 0.807. The predicted octanol–water partition coefficient (Wildman–Crippen LogP) is 0.871. The molecule has 0 aliphatic heterocycles. The number of aryl methyl sites for hydroxylation is 1. The minimum atomic E-state index is 0.513. The van der Waals surface area contributed by atoms with Crippen LogP contribution in [0, 0.1) is 0 Å². The summed E-state index contributed by atoms with van der Waals surface area (Å²) in [6, 6.07) is 0. The summed E-state index contributed by atoms with van der Waals surface area (Å²) in [5.41, 5.74) is 0. The Hall–Kier alpha value is -1.69. The Morgan fingerprint density at radius 2 is 2.13 bits per heavy atom. The Morgan fingerprint density at radius 3 is 2.73 bits per heavy atom. The van der Waals surface area contributed by atoms with Gasteiger partial charge in [0, 0.05) is 7.05 Å². The van der Waals surface area contributed by atoms with Crippen LogP contribution in [0.4, 0.5) is 5.95 Å². The first-order chi connectivity index (χ1) is 7.25. The van der Waals surface area contributed by atoms with Crippen molar-refractivity contribution in [3.05, 3.63) is 29.6 Å². The van der Waals surface area contributed by atoms with E-state index in [4.69, 9.17) is 11.6 Å². The second kappa shape index (κ2) is 4.22. The maximum Gasteiger partial charge on any atom is 0.223 e. The molecule has 0 spiro atoms. The van der Waals surface area contributed by atoms with Gasteiger partial charge < -0.3 is 9.88 Å². The highest BCUT2D eigenvalue weighted by atomic mass is 35.5. The maximum atomic E-state index is 5.66. The molecule has 2 rings (SSSR count). The molecule has 2 heterocycles. The minimum absolute atomic E-state index is 0.513. The molecule has 0 saturated carbocycles. The van der Waals surface area contributed by atoms with E-state index in [1.807, 2.05) is 11.6 Å². The quantitative estimate of drug-likeness (QED) is 0.838. The Labute approximate surface area is 91.3 Å². The SMILES string of the molecule is Cn1cnnc1CNc1ncc(Cl)cn1. The standard InChI is InChI=1S/C8H9ClN6/c1-15-5-13-14-7(15)4-12-8-10-2-6(9)3-11-8/h2-3,5H,4H2,1H3,(H,10,11,12). The smallest absolute Gasteiger partial charge is 0.223 e. The van der Waals surface area contributed by atoms with Crippen molar-refractivity contribution in [2.45, 2.75) is 6.54 Å². The predicted molar refractivity (Wildman–Crippen MR) is 55.4 cm³/mol. The third kappa shape index (κ3) is 2.41. The van der Waals surface area contributed by atoms with Gasteiger partial charge in [-0.15, -0.1) is 10.2 Å². The molecule has 2 aromatic rings. The largest absolute Gasteiger partial charge is 0.347 e. The first-order valence-electron chi connectivity index (χ1n) is 4.30. The van der Waals surface area contributed by atoms with Crippen LogP contribution in [-0.2, 0) is 13.6 Å². The lowest BCUT2D eigenvalue weighted by Crippen LogP contribution is -2.07. The molecule has 0 saturated heterocycles. The third-order valence-electron chi connectivity index (χ3n) is 1.83. The third-order valence-corrected chi connectivity index (χ3v) is 2.03. The van der Waals surface area contributed by atoms with Gasteiger partial charge in [-0.2, -0.15) is 0 Å². The highest BCUT2D eigenvalue weighted by Crippen LogP contribution is 2.06. The van der Waals surface area contributed by atoms with Gasteiger partial charge in [0.1, 0.15) is 6.33 Å². The molecule has 0 aliphatic rings. The minimum Gasteiger partial charge on any atom is -0.347 e. The molecule has 7 heteroatoms. The Kier molecular flexibility index (Phi) is 2.77.